The Morgan fingerprint density at radius 1 is 1.33 bits per heavy atom. The zero-order valence-corrected chi connectivity index (χ0v) is 12.1. The fourth-order valence-corrected chi connectivity index (χ4v) is 2.54. The lowest BCUT2D eigenvalue weighted by molar-refractivity contribution is -0.118. The van der Waals surface area contributed by atoms with Crippen LogP contribution in [0.2, 0.25) is 10.0 Å². The molecule has 3 rings (SSSR count). The molecule has 1 saturated heterocycles. The highest BCUT2D eigenvalue weighted by Gasteiger charge is 2.26. The quantitative estimate of drug-likeness (QED) is 0.670. The third kappa shape index (κ3) is 2.86. The van der Waals surface area contributed by atoms with Gasteiger partial charge in [0.1, 0.15) is 18.9 Å². The molecule has 1 aromatic carbocycles. The van der Waals surface area contributed by atoms with Crippen LogP contribution in [-0.4, -0.2) is 36.3 Å². The van der Waals surface area contributed by atoms with E-state index in [2.05, 4.69) is 10.4 Å². The van der Waals surface area contributed by atoms with E-state index in [0.29, 0.717) is 15.8 Å². The Morgan fingerprint density at radius 2 is 2.14 bits per heavy atom. The number of nitrogens with zero attached hydrogens (tertiary/aromatic N) is 2. The third-order valence-electron chi connectivity index (χ3n) is 2.90. The predicted octanol–water partition coefficient (Wildman–Crippen LogP) is 2.31. The van der Waals surface area contributed by atoms with Crippen molar-refractivity contribution in [3.63, 3.8) is 0 Å². The summed E-state index contributed by atoms with van der Waals surface area (Å²) in [5, 5.41) is 8.08. The van der Waals surface area contributed by atoms with Crippen molar-refractivity contribution in [2.45, 2.75) is 0 Å². The molecule has 1 aromatic rings. The number of rotatable bonds is 2. The SMILES string of the molecule is O=C1CN(/N=C/C2=Cc3cc(Cl)cc(Cl)c3OC2)C(=O)N1. The van der Waals surface area contributed by atoms with E-state index in [1.807, 2.05) is 6.08 Å². The molecule has 0 spiro atoms. The van der Waals surface area contributed by atoms with Gasteiger partial charge in [-0.15, -0.1) is 0 Å². The minimum absolute atomic E-state index is 0.0856. The average molecular weight is 326 g/mol. The first-order chi connectivity index (χ1) is 10.0. The summed E-state index contributed by atoms with van der Waals surface area (Å²) < 4.78 is 5.55. The lowest BCUT2D eigenvalue weighted by atomic mass is 10.1. The Morgan fingerprint density at radius 3 is 2.86 bits per heavy atom. The molecular formula is C13H9Cl2N3O3. The summed E-state index contributed by atoms with van der Waals surface area (Å²) in [6, 6.07) is 2.79. The summed E-state index contributed by atoms with van der Waals surface area (Å²) in [6.07, 6.45) is 3.28. The number of amides is 3. The first-order valence-electron chi connectivity index (χ1n) is 6.00. The number of ether oxygens (including phenoxy) is 1. The molecule has 6 nitrogen and oxygen atoms in total. The van der Waals surface area contributed by atoms with E-state index in [1.54, 1.807) is 12.1 Å². The molecule has 0 aliphatic carbocycles. The molecule has 2 aliphatic heterocycles. The van der Waals surface area contributed by atoms with Gasteiger partial charge in [0.15, 0.2) is 0 Å². The van der Waals surface area contributed by atoms with Crippen molar-refractivity contribution in [1.82, 2.24) is 10.3 Å². The van der Waals surface area contributed by atoms with Gasteiger partial charge in [0.25, 0.3) is 0 Å². The number of imide groups is 1. The second kappa shape index (κ2) is 5.38. The maximum atomic E-state index is 11.3. The molecule has 0 bridgehead atoms. The molecule has 2 aliphatic rings. The summed E-state index contributed by atoms with van der Waals surface area (Å²) in [6.45, 7) is 0.180. The smallest absolute Gasteiger partial charge is 0.344 e. The minimum atomic E-state index is -0.542. The van der Waals surface area contributed by atoms with Crippen LogP contribution in [0.25, 0.3) is 6.08 Å². The van der Waals surface area contributed by atoms with Gasteiger partial charge in [-0.1, -0.05) is 23.2 Å². The van der Waals surface area contributed by atoms with Gasteiger partial charge in [-0.2, -0.15) is 5.10 Å². The number of urea groups is 1. The lowest BCUT2D eigenvalue weighted by Crippen LogP contribution is -2.24. The second-order valence-electron chi connectivity index (χ2n) is 4.47. The molecular weight excluding hydrogens is 317 g/mol. The van der Waals surface area contributed by atoms with Crippen LogP contribution in [0.3, 0.4) is 0 Å². The van der Waals surface area contributed by atoms with Gasteiger partial charge >= 0.3 is 6.03 Å². The number of carbonyl (C=O) groups excluding carboxylic acids is 2. The van der Waals surface area contributed by atoms with E-state index in [-0.39, 0.29) is 19.1 Å². The molecule has 2 heterocycles. The Bertz CT molecular complexity index is 700. The number of nitrogens with one attached hydrogen (secondary N) is 1. The number of halogens is 2. The van der Waals surface area contributed by atoms with Crippen molar-refractivity contribution in [1.29, 1.82) is 0 Å². The van der Waals surface area contributed by atoms with Crippen LogP contribution in [-0.2, 0) is 4.79 Å². The molecule has 0 radical (unpaired) electrons. The number of hydrogen-bond acceptors (Lipinski definition) is 4. The zero-order valence-electron chi connectivity index (χ0n) is 10.6. The lowest BCUT2D eigenvalue weighted by Gasteiger charge is -2.17. The second-order valence-corrected chi connectivity index (χ2v) is 5.31. The largest absolute Gasteiger partial charge is 0.487 e. The van der Waals surface area contributed by atoms with Gasteiger partial charge in [-0.3, -0.25) is 10.1 Å². The van der Waals surface area contributed by atoms with Gasteiger partial charge in [0.05, 0.1) is 11.2 Å². The van der Waals surface area contributed by atoms with Crippen LogP contribution in [0.1, 0.15) is 5.56 Å². The van der Waals surface area contributed by atoms with Crippen molar-refractivity contribution >= 4 is 47.4 Å². The van der Waals surface area contributed by atoms with E-state index in [0.717, 1.165) is 16.1 Å². The monoisotopic (exact) mass is 325 g/mol. The first-order valence-corrected chi connectivity index (χ1v) is 6.76. The van der Waals surface area contributed by atoms with Gasteiger partial charge in [-0.25, -0.2) is 9.80 Å². The van der Waals surface area contributed by atoms with Crippen molar-refractivity contribution in [2.24, 2.45) is 5.10 Å². The Balaban J connectivity index is 1.83. The van der Waals surface area contributed by atoms with Crippen LogP contribution in [0, 0.1) is 0 Å². The molecule has 3 amide bonds. The Kier molecular flexibility index (Phi) is 3.57. The summed E-state index contributed by atoms with van der Waals surface area (Å²) >= 11 is 12.0. The number of hydrogen-bond donors (Lipinski definition) is 1. The zero-order chi connectivity index (χ0) is 15.0. The molecule has 0 saturated carbocycles. The van der Waals surface area contributed by atoms with E-state index >= 15 is 0 Å². The van der Waals surface area contributed by atoms with Crippen LogP contribution < -0.4 is 10.1 Å². The van der Waals surface area contributed by atoms with Crippen LogP contribution in [0.15, 0.2) is 22.8 Å². The van der Waals surface area contributed by atoms with E-state index in [9.17, 15) is 9.59 Å². The number of hydrazone groups is 1. The third-order valence-corrected chi connectivity index (χ3v) is 3.40. The van der Waals surface area contributed by atoms with Crippen LogP contribution in [0.4, 0.5) is 4.79 Å². The van der Waals surface area contributed by atoms with E-state index in [1.165, 1.54) is 6.21 Å². The molecule has 21 heavy (non-hydrogen) atoms. The standard InChI is InChI=1S/C13H9Cl2N3O3/c14-9-2-8-1-7(6-21-12(8)10(15)3-9)4-16-18-5-11(19)17-13(18)20/h1-4H,5-6H2,(H,17,19,20)/b16-4+. The fraction of sp³-hybridized carbons (Fsp3) is 0.154. The highest BCUT2D eigenvalue weighted by Crippen LogP contribution is 2.36. The molecule has 108 valence electrons. The molecule has 0 atom stereocenters. The van der Waals surface area contributed by atoms with Gasteiger partial charge in [0.2, 0.25) is 5.91 Å². The Hall–Kier alpha value is -2.05. The maximum Gasteiger partial charge on any atom is 0.344 e. The molecule has 0 aromatic heterocycles. The number of carbonyl (C=O) groups is 2. The highest BCUT2D eigenvalue weighted by atomic mass is 35.5. The Labute approximate surface area is 130 Å². The summed E-state index contributed by atoms with van der Waals surface area (Å²) in [4.78, 5) is 22.4. The normalized spacial score (nSPS) is 17.6. The van der Waals surface area contributed by atoms with Crippen LogP contribution >= 0.6 is 23.2 Å². The molecule has 1 fully saturated rings. The topological polar surface area (TPSA) is 71.0 Å². The van der Waals surface area contributed by atoms with Gasteiger partial charge in [0, 0.05) is 16.2 Å². The number of benzene rings is 1. The number of fused-ring (bicyclic) bond motifs is 1. The molecule has 1 N–H and O–H groups in total. The van der Waals surface area contributed by atoms with Crippen molar-refractivity contribution < 1.29 is 14.3 Å². The van der Waals surface area contributed by atoms with E-state index in [4.69, 9.17) is 27.9 Å². The molecule has 8 heteroatoms. The van der Waals surface area contributed by atoms with Gasteiger partial charge < -0.3 is 4.74 Å². The average Bonchev–Trinajstić information content (AvgIpc) is 2.74. The summed E-state index contributed by atoms with van der Waals surface area (Å²) in [5.41, 5.74) is 1.47. The summed E-state index contributed by atoms with van der Waals surface area (Å²) in [7, 11) is 0. The predicted molar refractivity (Wildman–Crippen MR) is 78.7 cm³/mol. The maximum absolute atomic E-state index is 11.3. The van der Waals surface area contributed by atoms with Crippen molar-refractivity contribution in [2.75, 3.05) is 13.2 Å². The fourth-order valence-electron chi connectivity index (χ4n) is 1.98. The van der Waals surface area contributed by atoms with E-state index < -0.39 is 6.03 Å². The van der Waals surface area contributed by atoms with Crippen molar-refractivity contribution in [3.8, 4) is 5.75 Å². The summed E-state index contributed by atoms with van der Waals surface area (Å²) in [5.74, 6) is 0.183. The first kappa shape index (κ1) is 13.9. The molecule has 0 unspecified atom stereocenters. The minimum Gasteiger partial charge on any atom is -0.487 e. The van der Waals surface area contributed by atoms with Gasteiger partial charge in [-0.05, 0) is 18.2 Å². The highest BCUT2D eigenvalue weighted by molar-refractivity contribution is 6.36. The van der Waals surface area contributed by atoms with Crippen molar-refractivity contribution in [3.05, 3.63) is 33.3 Å². The van der Waals surface area contributed by atoms with Crippen LogP contribution in [0.5, 0.6) is 5.75 Å².